The Morgan fingerprint density at radius 2 is 1.00 bits per heavy atom. The number of hydrogen-bond donors (Lipinski definition) is 3. The van der Waals surface area contributed by atoms with Gasteiger partial charge in [0.15, 0.2) is 0 Å². The Balaban J connectivity index is 0. The van der Waals surface area contributed by atoms with E-state index in [0.717, 1.165) is 0 Å². The molecule has 4 radical (unpaired) electrons. The molecule has 0 unspecified atom stereocenters. The van der Waals surface area contributed by atoms with E-state index in [9.17, 15) is 0 Å². The van der Waals surface area contributed by atoms with Gasteiger partial charge in [-0.05, 0) is 0 Å². The summed E-state index contributed by atoms with van der Waals surface area (Å²) in [7, 11) is -2.17. The van der Waals surface area contributed by atoms with Crippen molar-refractivity contribution in [2.45, 2.75) is 0 Å². The Morgan fingerprint density at radius 3 is 1.00 bits per heavy atom. The van der Waals surface area contributed by atoms with Crippen LogP contribution in [-0.2, 0) is 0 Å². The van der Waals surface area contributed by atoms with E-state index in [1.807, 2.05) is 0 Å². The fourth-order valence-electron chi connectivity index (χ4n) is 0. The predicted molar refractivity (Wildman–Crippen MR) is 18.2 cm³/mol. The Kier molecular flexibility index (Phi) is 9.05. The molecule has 0 rings (SSSR count). The maximum atomic E-state index is 7.17. The molecule has 0 aromatic rings. The summed E-state index contributed by atoms with van der Waals surface area (Å²) in [6.45, 7) is 0. The summed E-state index contributed by atoms with van der Waals surface area (Å²) in [6, 6.07) is 0. The standard InChI is InChI=1S/BH3O3.Pb/c2-1(3)4;/h2-4H;. The Morgan fingerprint density at radius 1 is 1.00 bits per heavy atom. The van der Waals surface area contributed by atoms with Crippen molar-refractivity contribution in [1.82, 2.24) is 0 Å². The van der Waals surface area contributed by atoms with Crippen LogP contribution in [0.15, 0.2) is 0 Å². The summed E-state index contributed by atoms with van der Waals surface area (Å²) in [5.41, 5.74) is 0. The van der Waals surface area contributed by atoms with Crippen LogP contribution in [0.4, 0.5) is 0 Å². The van der Waals surface area contributed by atoms with Crippen LogP contribution in [0.2, 0.25) is 0 Å². The smallest absolute Gasteiger partial charge is 0.402 e. The topological polar surface area (TPSA) is 60.7 Å². The first-order valence-electron chi connectivity index (χ1n) is 0.775. The molecule has 3 N–H and O–H groups in total. The first kappa shape index (κ1) is 9.29. The van der Waals surface area contributed by atoms with E-state index in [1.165, 1.54) is 0 Å². The number of hydrogen-bond acceptors (Lipinski definition) is 3. The average molecular weight is 269 g/mol. The van der Waals surface area contributed by atoms with Gasteiger partial charge < -0.3 is 15.1 Å². The van der Waals surface area contributed by atoms with Crippen LogP contribution in [0.5, 0.6) is 0 Å². The zero-order valence-electron chi connectivity index (χ0n) is 2.42. The molecular weight excluding hydrogens is 266 g/mol. The van der Waals surface area contributed by atoms with Crippen molar-refractivity contribution in [3.63, 3.8) is 0 Å². The summed E-state index contributed by atoms with van der Waals surface area (Å²) >= 11 is 0. The van der Waals surface area contributed by atoms with Gasteiger partial charge in [-0.1, -0.05) is 0 Å². The number of rotatable bonds is 0. The van der Waals surface area contributed by atoms with E-state index in [0.29, 0.717) is 0 Å². The van der Waals surface area contributed by atoms with Crippen molar-refractivity contribution in [1.29, 1.82) is 0 Å². The van der Waals surface area contributed by atoms with E-state index < -0.39 is 7.32 Å². The minimum atomic E-state index is -2.17. The van der Waals surface area contributed by atoms with Gasteiger partial charge in [0.25, 0.3) is 0 Å². The van der Waals surface area contributed by atoms with Crippen molar-refractivity contribution in [3.8, 4) is 0 Å². The largest absolute Gasteiger partial charge is 0.631 e. The quantitative estimate of drug-likeness (QED) is 0.428. The van der Waals surface area contributed by atoms with Crippen LogP contribution in [0.25, 0.3) is 0 Å². The molecule has 0 aromatic heterocycles. The molecule has 0 fully saturated rings. The zero-order valence-corrected chi connectivity index (χ0v) is 6.31. The fraction of sp³-hybridized carbons (Fsp3) is 0. The second-order valence-corrected chi connectivity index (χ2v) is 0.346. The molecule has 5 heavy (non-hydrogen) atoms. The van der Waals surface area contributed by atoms with Gasteiger partial charge in [0.2, 0.25) is 0 Å². The molecular formula is H3BO3Pb. The van der Waals surface area contributed by atoms with Crippen molar-refractivity contribution in [2.24, 2.45) is 0 Å². The molecule has 0 aliphatic rings. The molecule has 3 nitrogen and oxygen atoms in total. The molecule has 0 aromatic carbocycles. The van der Waals surface area contributed by atoms with E-state index in [4.69, 9.17) is 15.1 Å². The second kappa shape index (κ2) is 4.87. The minimum absolute atomic E-state index is 0. The van der Waals surface area contributed by atoms with Crippen molar-refractivity contribution < 1.29 is 15.1 Å². The van der Waals surface area contributed by atoms with Gasteiger partial charge in [0.05, 0.1) is 0 Å². The molecule has 0 amide bonds. The first-order valence-corrected chi connectivity index (χ1v) is 0.775. The van der Waals surface area contributed by atoms with E-state index in [1.54, 1.807) is 0 Å². The molecule has 0 aliphatic heterocycles. The van der Waals surface area contributed by atoms with Crippen LogP contribution in [0.1, 0.15) is 0 Å². The van der Waals surface area contributed by atoms with Crippen molar-refractivity contribution in [2.75, 3.05) is 0 Å². The van der Waals surface area contributed by atoms with E-state index in [-0.39, 0.29) is 27.3 Å². The average Bonchev–Trinajstić information content (AvgIpc) is 0.811. The van der Waals surface area contributed by atoms with Crippen LogP contribution in [0, 0.1) is 0 Å². The summed E-state index contributed by atoms with van der Waals surface area (Å²) in [6.07, 6.45) is 0. The van der Waals surface area contributed by atoms with E-state index in [2.05, 4.69) is 0 Å². The fourth-order valence-corrected chi connectivity index (χ4v) is 0. The summed E-state index contributed by atoms with van der Waals surface area (Å²) in [5, 5.41) is 21.5. The summed E-state index contributed by atoms with van der Waals surface area (Å²) in [4.78, 5) is 0. The van der Waals surface area contributed by atoms with Crippen LogP contribution in [-0.4, -0.2) is 49.7 Å². The van der Waals surface area contributed by atoms with Crippen molar-refractivity contribution >= 4 is 34.6 Å². The molecule has 0 atom stereocenters. The third-order valence-electron chi connectivity index (χ3n) is 0. The van der Waals surface area contributed by atoms with Crippen LogP contribution < -0.4 is 0 Å². The van der Waals surface area contributed by atoms with Crippen LogP contribution in [0.3, 0.4) is 0 Å². The Hall–Kier alpha value is 0.867. The zero-order chi connectivity index (χ0) is 3.58. The Bertz CT molecular complexity index is 11.6. The van der Waals surface area contributed by atoms with Gasteiger partial charge in [-0.2, -0.15) is 0 Å². The SMILES string of the molecule is OB(O)O.[Pb]. The Labute approximate surface area is 50.0 Å². The maximum absolute atomic E-state index is 7.17. The molecule has 28 valence electrons. The third kappa shape index (κ3) is 53.2. The molecule has 0 spiro atoms. The first-order chi connectivity index (χ1) is 1.73. The van der Waals surface area contributed by atoms with E-state index >= 15 is 0 Å². The summed E-state index contributed by atoms with van der Waals surface area (Å²) < 4.78 is 0. The van der Waals surface area contributed by atoms with Crippen LogP contribution >= 0.6 is 0 Å². The molecule has 5 heteroatoms. The molecule has 0 saturated heterocycles. The van der Waals surface area contributed by atoms with Gasteiger partial charge >= 0.3 is 7.32 Å². The predicted octanol–water partition coefficient (Wildman–Crippen LogP) is -2.43. The molecule has 0 aliphatic carbocycles. The summed E-state index contributed by atoms with van der Waals surface area (Å²) in [5.74, 6) is 0. The second-order valence-electron chi connectivity index (χ2n) is 0.346. The van der Waals surface area contributed by atoms with Crippen molar-refractivity contribution in [3.05, 3.63) is 0 Å². The minimum Gasteiger partial charge on any atom is -0.402 e. The van der Waals surface area contributed by atoms with Gasteiger partial charge in [-0.15, -0.1) is 0 Å². The van der Waals surface area contributed by atoms with Gasteiger partial charge in [0, 0.05) is 27.3 Å². The monoisotopic (exact) mass is 270 g/mol. The van der Waals surface area contributed by atoms with Gasteiger partial charge in [-0.3, -0.25) is 0 Å². The van der Waals surface area contributed by atoms with Gasteiger partial charge in [-0.25, -0.2) is 0 Å². The molecule has 0 saturated carbocycles. The molecule has 0 heterocycles. The maximum Gasteiger partial charge on any atom is 0.631 e. The van der Waals surface area contributed by atoms with Gasteiger partial charge in [0.1, 0.15) is 0 Å². The normalized spacial score (nSPS) is 5.40. The third-order valence-corrected chi connectivity index (χ3v) is 0. The molecule has 0 bridgehead atoms.